The van der Waals surface area contributed by atoms with Crippen molar-refractivity contribution in [3.63, 3.8) is 0 Å². The second-order valence-corrected chi connectivity index (χ2v) is 10.00. The van der Waals surface area contributed by atoms with Gasteiger partial charge in [-0.15, -0.1) is 11.8 Å². The van der Waals surface area contributed by atoms with Crippen LogP contribution in [0.3, 0.4) is 0 Å². The standard InChI is InChI=1S/C26H30ClN3OS/c1-2-3-4-5-9-25(31)29-14-15-32-26(29)16-20-18-28-30(19-20)24-12-10-21(11-13-24)22-7-6-8-23(27)17-22/h6-8,10-13,17-19,26H,2-5,9,14-16H2,1H3. The molecule has 0 saturated carbocycles. The van der Waals surface area contributed by atoms with E-state index in [0.29, 0.717) is 12.3 Å². The molecular weight excluding hydrogens is 438 g/mol. The van der Waals surface area contributed by atoms with Gasteiger partial charge >= 0.3 is 0 Å². The third kappa shape index (κ3) is 5.76. The molecule has 1 atom stereocenters. The Bertz CT molecular complexity index is 1030. The van der Waals surface area contributed by atoms with Crippen LogP contribution in [0, 0.1) is 0 Å². The number of hydrogen-bond donors (Lipinski definition) is 0. The minimum absolute atomic E-state index is 0.219. The van der Waals surface area contributed by atoms with E-state index in [0.717, 1.165) is 59.0 Å². The summed E-state index contributed by atoms with van der Waals surface area (Å²) >= 11 is 8.00. The lowest BCUT2D eigenvalue weighted by molar-refractivity contribution is -0.131. The number of carbonyl (C=O) groups is 1. The van der Waals surface area contributed by atoms with Crippen molar-refractivity contribution in [1.29, 1.82) is 0 Å². The first-order valence-corrected chi connectivity index (χ1v) is 12.9. The van der Waals surface area contributed by atoms with Crippen molar-refractivity contribution in [1.82, 2.24) is 14.7 Å². The normalized spacial score (nSPS) is 15.9. The van der Waals surface area contributed by atoms with Crippen LogP contribution < -0.4 is 0 Å². The van der Waals surface area contributed by atoms with Crippen LogP contribution in [-0.4, -0.2) is 38.3 Å². The fraction of sp³-hybridized carbons (Fsp3) is 0.385. The van der Waals surface area contributed by atoms with Crippen LogP contribution in [-0.2, 0) is 11.2 Å². The highest BCUT2D eigenvalue weighted by Gasteiger charge is 2.29. The lowest BCUT2D eigenvalue weighted by atomic mass is 10.1. The summed E-state index contributed by atoms with van der Waals surface area (Å²) in [6.45, 7) is 3.06. The Morgan fingerprint density at radius 3 is 2.75 bits per heavy atom. The lowest BCUT2D eigenvalue weighted by Gasteiger charge is -2.23. The summed E-state index contributed by atoms with van der Waals surface area (Å²) in [4.78, 5) is 14.8. The maximum absolute atomic E-state index is 12.7. The summed E-state index contributed by atoms with van der Waals surface area (Å²) < 4.78 is 1.91. The number of benzene rings is 2. The van der Waals surface area contributed by atoms with Crippen molar-refractivity contribution in [3.8, 4) is 16.8 Å². The molecule has 2 heterocycles. The Kier molecular flexibility index (Phi) is 7.93. The molecular formula is C26H30ClN3OS. The van der Waals surface area contributed by atoms with Gasteiger partial charge in [0.15, 0.2) is 0 Å². The summed E-state index contributed by atoms with van der Waals surface area (Å²) in [5.41, 5.74) is 4.40. The van der Waals surface area contributed by atoms with Crippen LogP contribution in [0.1, 0.15) is 44.6 Å². The molecule has 0 spiro atoms. The van der Waals surface area contributed by atoms with Crippen molar-refractivity contribution in [3.05, 3.63) is 71.5 Å². The highest BCUT2D eigenvalue weighted by molar-refractivity contribution is 8.00. The quantitative estimate of drug-likeness (QED) is 0.332. The minimum atomic E-state index is 0.219. The Balaban J connectivity index is 1.37. The van der Waals surface area contributed by atoms with E-state index in [-0.39, 0.29) is 5.37 Å². The van der Waals surface area contributed by atoms with Gasteiger partial charge in [0.2, 0.25) is 5.91 Å². The first-order valence-electron chi connectivity index (χ1n) is 11.4. The summed E-state index contributed by atoms with van der Waals surface area (Å²) in [5, 5.41) is 5.52. The lowest BCUT2D eigenvalue weighted by Crippen LogP contribution is -2.35. The van der Waals surface area contributed by atoms with E-state index in [1.807, 2.05) is 40.8 Å². The summed E-state index contributed by atoms with van der Waals surface area (Å²) in [6, 6.07) is 16.2. The van der Waals surface area contributed by atoms with E-state index in [9.17, 15) is 4.79 Å². The average molecular weight is 468 g/mol. The van der Waals surface area contributed by atoms with Gasteiger partial charge in [0.25, 0.3) is 0 Å². The molecule has 0 bridgehead atoms. The maximum Gasteiger partial charge on any atom is 0.223 e. The number of amides is 1. The predicted molar refractivity (Wildman–Crippen MR) is 134 cm³/mol. The molecule has 6 heteroatoms. The first-order chi connectivity index (χ1) is 15.6. The van der Waals surface area contributed by atoms with Crippen LogP contribution in [0.2, 0.25) is 5.02 Å². The zero-order valence-electron chi connectivity index (χ0n) is 18.5. The van der Waals surface area contributed by atoms with Crippen LogP contribution in [0.4, 0.5) is 0 Å². The minimum Gasteiger partial charge on any atom is -0.330 e. The number of hydrogen-bond acceptors (Lipinski definition) is 3. The van der Waals surface area contributed by atoms with E-state index >= 15 is 0 Å². The monoisotopic (exact) mass is 467 g/mol. The molecule has 1 amide bonds. The fourth-order valence-corrected chi connectivity index (χ4v) is 5.58. The second kappa shape index (κ2) is 11.1. The summed E-state index contributed by atoms with van der Waals surface area (Å²) in [7, 11) is 0. The molecule has 0 N–H and O–H groups in total. The molecule has 1 aromatic heterocycles. The zero-order valence-corrected chi connectivity index (χ0v) is 20.1. The second-order valence-electron chi connectivity index (χ2n) is 8.28. The number of unbranched alkanes of at least 4 members (excludes halogenated alkanes) is 3. The van der Waals surface area contributed by atoms with Crippen molar-refractivity contribution in [2.45, 2.75) is 50.8 Å². The molecule has 2 aromatic carbocycles. The van der Waals surface area contributed by atoms with Gasteiger partial charge in [-0.25, -0.2) is 4.68 Å². The molecule has 4 rings (SSSR count). The van der Waals surface area contributed by atoms with E-state index in [1.54, 1.807) is 0 Å². The van der Waals surface area contributed by atoms with E-state index in [2.05, 4.69) is 53.5 Å². The molecule has 32 heavy (non-hydrogen) atoms. The topological polar surface area (TPSA) is 38.1 Å². The Labute approximate surface area is 200 Å². The van der Waals surface area contributed by atoms with Crippen LogP contribution in [0.25, 0.3) is 16.8 Å². The predicted octanol–water partition coefficient (Wildman–Crippen LogP) is 6.61. The first kappa shape index (κ1) is 22.9. The van der Waals surface area contributed by atoms with Gasteiger partial charge in [0.1, 0.15) is 0 Å². The molecule has 0 aliphatic carbocycles. The zero-order chi connectivity index (χ0) is 22.3. The Morgan fingerprint density at radius 1 is 1.12 bits per heavy atom. The van der Waals surface area contributed by atoms with Crippen LogP contribution >= 0.6 is 23.4 Å². The highest BCUT2D eigenvalue weighted by Crippen LogP contribution is 2.28. The van der Waals surface area contributed by atoms with Crippen molar-refractivity contribution in [2.75, 3.05) is 12.3 Å². The summed E-state index contributed by atoms with van der Waals surface area (Å²) in [6.07, 6.45) is 10.1. The van der Waals surface area contributed by atoms with E-state index in [4.69, 9.17) is 11.6 Å². The number of aromatic nitrogens is 2. The highest BCUT2D eigenvalue weighted by atomic mass is 35.5. The SMILES string of the molecule is CCCCCCC(=O)N1CCSC1Cc1cnn(-c2ccc(-c3cccc(Cl)c3)cc2)c1. The third-order valence-corrected chi connectivity index (χ3v) is 7.35. The summed E-state index contributed by atoms with van der Waals surface area (Å²) in [5.74, 6) is 1.32. The number of carbonyl (C=O) groups excluding carboxylic acids is 1. The van der Waals surface area contributed by atoms with E-state index < -0.39 is 0 Å². The molecule has 3 aromatic rings. The molecule has 1 saturated heterocycles. The molecule has 1 fully saturated rings. The van der Waals surface area contributed by atoms with Gasteiger partial charge in [-0.1, -0.05) is 62.1 Å². The van der Waals surface area contributed by atoms with Gasteiger partial charge in [0.05, 0.1) is 17.3 Å². The molecule has 168 valence electrons. The molecule has 1 aliphatic heterocycles. The maximum atomic E-state index is 12.7. The Morgan fingerprint density at radius 2 is 1.97 bits per heavy atom. The van der Waals surface area contributed by atoms with Crippen LogP contribution in [0.5, 0.6) is 0 Å². The van der Waals surface area contributed by atoms with Gasteiger partial charge in [0, 0.05) is 36.4 Å². The number of thioether (sulfide) groups is 1. The largest absolute Gasteiger partial charge is 0.330 e. The molecule has 0 radical (unpaired) electrons. The van der Waals surface area contributed by atoms with E-state index in [1.165, 1.54) is 12.8 Å². The van der Waals surface area contributed by atoms with Gasteiger partial charge in [-0.05, 0) is 47.4 Å². The fourth-order valence-electron chi connectivity index (χ4n) is 4.11. The van der Waals surface area contributed by atoms with Crippen molar-refractivity contribution in [2.24, 2.45) is 0 Å². The van der Waals surface area contributed by atoms with Crippen LogP contribution in [0.15, 0.2) is 60.9 Å². The number of halogens is 1. The van der Waals surface area contributed by atoms with Gasteiger partial charge in [-0.2, -0.15) is 5.10 Å². The third-order valence-electron chi connectivity index (χ3n) is 5.89. The molecule has 4 nitrogen and oxygen atoms in total. The van der Waals surface area contributed by atoms with Crippen molar-refractivity contribution >= 4 is 29.3 Å². The molecule has 1 unspecified atom stereocenters. The Hall–Kier alpha value is -2.24. The van der Waals surface area contributed by atoms with Gasteiger partial charge < -0.3 is 4.90 Å². The average Bonchev–Trinajstić information content (AvgIpc) is 3.47. The number of nitrogens with zero attached hydrogens (tertiary/aromatic N) is 3. The van der Waals surface area contributed by atoms with Gasteiger partial charge in [-0.3, -0.25) is 4.79 Å². The number of rotatable bonds is 9. The molecule has 1 aliphatic rings. The smallest absolute Gasteiger partial charge is 0.223 e. The van der Waals surface area contributed by atoms with Crippen molar-refractivity contribution < 1.29 is 4.79 Å².